The van der Waals surface area contributed by atoms with E-state index in [9.17, 15) is 0 Å². The largest absolute Gasteiger partial charge is 0.314 e. The summed E-state index contributed by atoms with van der Waals surface area (Å²) in [4.78, 5) is 8.77. The van der Waals surface area contributed by atoms with Gasteiger partial charge in [-0.2, -0.15) is 0 Å². The van der Waals surface area contributed by atoms with Crippen LogP contribution in [0, 0.1) is 0 Å². The Bertz CT molecular complexity index is 476. The molecule has 0 saturated heterocycles. The number of nitrogens with zero attached hydrogens (tertiary/aromatic N) is 2. The van der Waals surface area contributed by atoms with E-state index < -0.39 is 0 Å². The molecule has 2 aromatic heterocycles. The molecule has 90 valence electrons. The maximum Gasteiger partial charge on any atom is 0.0950 e. The first-order chi connectivity index (χ1) is 8.11. The number of rotatable bonds is 4. The van der Waals surface area contributed by atoms with Gasteiger partial charge in [0.2, 0.25) is 0 Å². The van der Waals surface area contributed by atoms with Crippen LogP contribution in [-0.4, -0.2) is 22.6 Å². The van der Waals surface area contributed by atoms with Gasteiger partial charge in [-0.3, -0.25) is 4.98 Å². The van der Waals surface area contributed by atoms with E-state index in [4.69, 9.17) is 0 Å². The number of hydrogen-bond acceptors (Lipinski definition) is 4. The van der Waals surface area contributed by atoms with Crippen LogP contribution in [-0.2, 0) is 6.42 Å². The van der Waals surface area contributed by atoms with Crippen LogP contribution in [0.25, 0.3) is 11.3 Å². The molecule has 0 saturated carbocycles. The van der Waals surface area contributed by atoms with E-state index in [0.29, 0.717) is 0 Å². The van der Waals surface area contributed by atoms with Gasteiger partial charge >= 0.3 is 0 Å². The second-order valence-electron chi connectivity index (χ2n) is 4.68. The smallest absolute Gasteiger partial charge is 0.0950 e. The molecule has 4 heteroatoms. The van der Waals surface area contributed by atoms with Crippen molar-refractivity contribution in [2.24, 2.45) is 0 Å². The third kappa shape index (κ3) is 3.11. The van der Waals surface area contributed by atoms with Gasteiger partial charge in [0.05, 0.1) is 10.7 Å². The lowest BCUT2D eigenvalue weighted by atomic mass is 10.0. The number of hydrogen-bond donors (Lipinski definition) is 1. The van der Waals surface area contributed by atoms with Gasteiger partial charge in [-0.05, 0) is 33.0 Å². The van der Waals surface area contributed by atoms with Crippen molar-refractivity contribution in [2.75, 3.05) is 7.05 Å². The molecule has 17 heavy (non-hydrogen) atoms. The number of aromatic nitrogens is 2. The molecule has 2 aromatic rings. The molecule has 0 fully saturated rings. The molecule has 0 radical (unpaired) electrons. The molecule has 3 nitrogen and oxygen atoms in total. The minimum absolute atomic E-state index is 0.0874. The Hall–Kier alpha value is -1.26. The molecule has 0 unspecified atom stereocenters. The highest BCUT2D eigenvalue weighted by molar-refractivity contribution is 7.09. The van der Waals surface area contributed by atoms with Gasteiger partial charge in [0.15, 0.2) is 0 Å². The van der Waals surface area contributed by atoms with Gasteiger partial charge in [0, 0.05) is 35.3 Å². The molecule has 0 aliphatic carbocycles. The van der Waals surface area contributed by atoms with Gasteiger partial charge in [-0.1, -0.05) is 0 Å². The summed E-state index contributed by atoms with van der Waals surface area (Å²) in [6.45, 7) is 4.36. The molecule has 0 atom stereocenters. The molecule has 0 bridgehead atoms. The molecule has 2 heterocycles. The second kappa shape index (κ2) is 4.94. The molecule has 0 amide bonds. The highest BCUT2D eigenvalue weighted by atomic mass is 32.1. The Morgan fingerprint density at radius 2 is 2.24 bits per heavy atom. The highest BCUT2D eigenvalue weighted by Gasteiger charge is 2.17. The average Bonchev–Trinajstić information content (AvgIpc) is 2.78. The lowest BCUT2D eigenvalue weighted by Crippen LogP contribution is -2.38. The lowest BCUT2D eigenvalue weighted by molar-refractivity contribution is 0.421. The summed E-state index contributed by atoms with van der Waals surface area (Å²) in [5.74, 6) is 0. The molecule has 1 N–H and O–H groups in total. The Morgan fingerprint density at radius 1 is 1.41 bits per heavy atom. The van der Waals surface area contributed by atoms with Crippen molar-refractivity contribution in [3.8, 4) is 11.3 Å². The van der Waals surface area contributed by atoms with Crippen molar-refractivity contribution in [1.29, 1.82) is 0 Å². The zero-order valence-corrected chi connectivity index (χ0v) is 11.2. The van der Waals surface area contributed by atoms with E-state index in [1.807, 2.05) is 25.4 Å². The van der Waals surface area contributed by atoms with Crippen molar-refractivity contribution in [1.82, 2.24) is 15.3 Å². The summed E-state index contributed by atoms with van der Waals surface area (Å²) in [5.41, 5.74) is 2.19. The molecular formula is C13H17N3S. The second-order valence-corrected chi connectivity index (χ2v) is 5.62. The Kier molecular flexibility index (Phi) is 3.54. The predicted molar refractivity (Wildman–Crippen MR) is 72.2 cm³/mol. The van der Waals surface area contributed by atoms with E-state index in [0.717, 1.165) is 22.7 Å². The van der Waals surface area contributed by atoms with Gasteiger partial charge in [0.1, 0.15) is 0 Å². The van der Waals surface area contributed by atoms with Crippen molar-refractivity contribution < 1.29 is 0 Å². The third-order valence-corrected chi connectivity index (χ3v) is 3.63. The standard InChI is InChI=1S/C13H17N3S/c1-13(2,14-3)7-12-16-11(9-17-12)10-5-4-6-15-8-10/h4-6,8-9,14H,7H2,1-3H3. The quantitative estimate of drug-likeness (QED) is 0.902. The summed E-state index contributed by atoms with van der Waals surface area (Å²) in [6.07, 6.45) is 4.57. The minimum atomic E-state index is 0.0874. The van der Waals surface area contributed by atoms with Crippen molar-refractivity contribution in [3.63, 3.8) is 0 Å². The fourth-order valence-electron chi connectivity index (χ4n) is 1.51. The maximum absolute atomic E-state index is 4.65. The van der Waals surface area contributed by atoms with Gasteiger partial charge in [-0.15, -0.1) is 11.3 Å². The van der Waals surface area contributed by atoms with Crippen molar-refractivity contribution in [3.05, 3.63) is 34.9 Å². The predicted octanol–water partition coefficient (Wildman–Crippen LogP) is 2.75. The lowest BCUT2D eigenvalue weighted by Gasteiger charge is -2.22. The van der Waals surface area contributed by atoms with E-state index in [1.54, 1.807) is 17.5 Å². The van der Waals surface area contributed by atoms with E-state index in [2.05, 4.69) is 34.5 Å². The van der Waals surface area contributed by atoms with Gasteiger partial charge in [-0.25, -0.2) is 4.98 Å². The zero-order valence-electron chi connectivity index (χ0n) is 10.4. The molecule has 0 spiro atoms. The summed E-state index contributed by atoms with van der Waals surface area (Å²) in [6, 6.07) is 3.97. The van der Waals surface area contributed by atoms with Crippen LogP contribution in [0.5, 0.6) is 0 Å². The number of likely N-dealkylation sites (N-methyl/N-ethyl adjacent to an activating group) is 1. The minimum Gasteiger partial charge on any atom is -0.314 e. The average molecular weight is 247 g/mol. The first-order valence-corrected chi connectivity index (χ1v) is 6.52. The number of thiazole rings is 1. The van der Waals surface area contributed by atoms with Gasteiger partial charge < -0.3 is 5.32 Å². The maximum atomic E-state index is 4.65. The summed E-state index contributed by atoms with van der Waals surface area (Å²) in [5, 5.41) is 6.54. The topological polar surface area (TPSA) is 37.8 Å². The molecule has 0 aliphatic rings. The Morgan fingerprint density at radius 3 is 2.88 bits per heavy atom. The fraction of sp³-hybridized carbons (Fsp3) is 0.385. The van der Waals surface area contributed by atoms with E-state index >= 15 is 0 Å². The molecule has 0 aromatic carbocycles. The highest BCUT2D eigenvalue weighted by Crippen LogP contribution is 2.23. The normalized spacial score (nSPS) is 11.7. The molecule has 2 rings (SSSR count). The van der Waals surface area contributed by atoms with Crippen LogP contribution in [0.3, 0.4) is 0 Å². The van der Waals surface area contributed by atoms with Crippen LogP contribution in [0.4, 0.5) is 0 Å². The van der Waals surface area contributed by atoms with Crippen molar-refractivity contribution >= 4 is 11.3 Å². The summed E-state index contributed by atoms with van der Waals surface area (Å²) in [7, 11) is 1.98. The van der Waals surface area contributed by atoms with Crippen LogP contribution in [0.2, 0.25) is 0 Å². The number of pyridine rings is 1. The van der Waals surface area contributed by atoms with Gasteiger partial charge in [0.25, 0.3) is 0 Å². The fourth-order valence-corrected chi connectivity index (χ4v) is 2.54. The zero-order chi connectivity index (χ0) is 12.3. The third-order valence-electron chi connectivity index (χ3n) is 2.78. The summed E-state index contributed by atoms with van der Waals surface area (Å²) >= 11 is 1.71. The summed E-state index contributed by atoms with van der Waals surface area (Å²) < 4.78 is 0. The first-order valence-electron chi connectivity index (χ1n) is 5.64. The monoisotopic (exact) mass is 247 g/mol. The van der Waals surface area contributed by atoms with Crippen LogP contribution < -0.4 is 5.32 Å². The Balaban J connectivity index is 2.17. The molecular weight excluding hydrogens is 230 g/mol. The van der Waals surface area contributed by atoms with Crippen LogP contribution in [0.1, 0.15) is 18.9 Å². The number of nitrogens with one attached hydrogen (secondary N) is 1. The first kappa shape index (κ1) is 12.2. The molecule has 0 aliphatic heterocycles. The SMILES string of the molecule is CNC(C)(C)Cc1nc(-c2cccnc2)cs1. The van der Waals surface area contributed by atoms with Crippen LogP contribution >= 0.6 is 11.3 Å². The Labute approximate surface area is 106 Å². The van der Waals surface area contributed by atoms with Crippen molar-refractivity contribution in [2.45, 2.75) is 25.8 Å². The van der Waals surface area contributed by atoms with E-state index in [-0.39, 0.29) is 5.54 Å². The van der Waals surface area contributed by atoms with Crippen LogP contribution in [0.15, 0.2) is 29.9 Å². The van der Waals surface area contributed by atoms with E-state index in [1.165, 1.54) is 0 Å².